The monoisotopic (exact) mass is 310 g/mol. The number of para-hydroxylation sites is 1. The number of carbonyl (C=O) groups is 2. The van der Waals surface area contributed by atoms with Crippen LogP contribution in [0.3, 0.4) is 0 Å². The number of urea groups is 1. The molecule has 0 bridgehead atoms. The molecule has 2 heterocycles. The summed E-state index contributed by atoms with van der Waals surface area (Å²) in [6, 6.07) is 11.1. The van der Waals surface area contributed by atoms with Crippen LogP contribution in [0.5, 0.6) is 0 Å². The van der Waals surface area contributed by atoms with E-state index >= 15 is 0 Å². The summed E-state index contributed by atoms with van der Waals surface area (Å²) in [5.74, 6) is -0.279. The van der Waals surface area contributed by atoms with E-state index < -0.39 is 0 Å². The first kappa shape index (κ1) is 15.0. The fraction of sp³-hybridized carbons (Fsp3) is 0.235. The van der Waals surface area contributed by atoms with Gasteiger partial charge in [0.05, 0.1) is 0 Å². The molecule has 3 rings (SSSR count). The molecule has 0 saturated carbocycles. The van der Waals surface area contributed by atoms with Crippen LogP contribution in [0.25, 0.3) is 0 Å². The maximum atomic E-state index is 12.8. The van der Waals surface area contributed by atoms with E-state index in [1.165, 1.54) is 16.7 Å². The van der Waals surface area contributed by atoms with Crippen molar-refractivity contribution in [2.75, 3.05) is 30.4 Å². The Kier molecular flexibility index (Phi) is 3.97. The minimum Gasteiger partial charge on any atom is -0.354 e. The topological polar surface area (TPSA) is 65.5 Å². The summed E-state index contributed by atoms with van der Waals surface area (Å²) in [5, 5.41) is 2.53. The highest BCUT2D eigenvalue weighted by atomic mass is 16.2. The van der Waals surface area contributed by atoms with Crippen LogP contribution in [0.15, 0.2) is 42.6 Å². The summed E-state index contributed by atoms with van der Waals surface area (Å²) in [7, 11) is 3.25. The minimum absolute atomic E-state index is 0.121. The lowest BCUT2D eigenvalue weighted by Crippen LogP contribution is -2.40. The first-order chi connectivity index (χ1) is 11.1. The van der Waals surface area contributed by atoms with Gasteiger partial charge in [0.25, 0.3) is 5.91 Å². The third-order valence-corrected chi connectivity index (χ3v) is 4.00. The van der Waals surface area contributed by atoms with Crippen LogP contribution >= 0.6 is 0 Å². The molecule has 0 radical (unpaired) electrons. The molecule has 118 valence electrons. The molecule has 3 amide bonds. The minimum atomic E-state index is -0.279. The molecule has 0 aliphatic carbocycles. The SMILES string of the molecule is CNC(=O)c1cc(N(C)C(=O)N2CCc3ccccc32)ccn1. The fourth-order valence-corrected chi connectivity index (χ4v) is 2.71. The lowest BCUT2D eigenvalue weighted by molar-refractivity contribution is 0.0958. The number of benzene rings is 1. The van der Waals surface area contributed by atoms with Crippen LogP contribution in [0.2, 0.25) is 0 Å². The number of hydrogen-bond acceptors (Lipinski definition) is 3. The third kappa shape index (κ3) is 2.75. The Morgan fingerprint density at radius 2 is 2.04 bits per heavy atom. The molecule has 6 nitrogen and oxygen atoms in total. The van der Waals surface area contributed by atoms with Crippen LogP contribution in [-0.2, 0) is 6.42 Å². The first-order valence-corrected chi connectivity index (χ1v) is 7.43. The summed E-state index contributed by atoms with van der Waals surface area (Å²) in [4.78, 5) is 31.8. The molecule has 1 N–H and O–H groups in total. The van der Waals surface area contributed by atoms with Gasteiger partial charge in [-0.05, 0) is 30.2 Å². The van der Waals surface area contributed by atoms with Gasteiger partial charge in [0.1, 0.15) is 5.69 Å². The van der Waals surface area contributed by atoms with Gasteiger partial charge in [0.15, 0.2) is 0 Å². The van der Waals surface area contributed by atoms with Crippen LogP contribution < -0.4 is 15.1 Å². The highest BCUT2D eigenvalue weighted by Gasteiger charge is 2.27. The maximum absolute atomic E-state index is 12.8. The molecule has 0 spiro atoms. The first-order valence-electron chi connectivity index (χ1n) is 7.43. The van der Waals surface area contributed by atoms with E-state index in [2.05, 4.69) is 10.3 Å². The van der Waals surface area contributed by atoms with Crippen molar-refractivity contribution >= 4 is 23.3 Å². The predicted molar refractivity (Wildman–Crippen MR) is 88.9 cm³/mol. The van der Waals surface area contributed by atoms with Gasteiger partial charge in [0.2, 0.25) is 0 Å². The highest BCUT2D eigenvalue weighted by molar-refractivity contribution is 6.05. The second-order valence-electron chi connectivity index (χ2n) is 5.35. The molecule has 6 heteroatoms. The average Bonchev–Trinajstić information content (AvgIpc) is 3.04. The van der Waals surface area contributed by atoms with Crippen molar-refractivity contribution in [1.29, 1.82) is 0 Å². The molecule has 0 unspecified atom stereocenters. The van der Waals surface area contributed by atoms with Crippen molar-refractivity contribution in [3.05, 3.63) is 53.9 Å². The van der Waals surface area contributed by atoms with E-state index in [-0.39, 0.29) is 17.6 Å². The van der Waals surface area contributed by atoms with Gasteiger partial charge in [0, 0.05) is 38.2 Å². The number of amides is 3. The van der Waals surface area contributed by atoms with Gasteiger partial charge in [-0.15, -0.1) is 0 Å². The zero-order valence-electron chi connectivity index (χ0n) is 13.1. The number of aromatic nitrogens is 1. The van der Waals surface area contributed by atoms with E-state index in [4.69, 9.17) is 0 Å². The summed E-state index contributed by atoms with van der Waals surface area (Å²) in [5.41, 5.74) is 3.04. The molecule has 0 atom stereocenters. The summed E-state index contributed by atoms with van der Waals surface area (Å²) >= 11 is 0. The molecular formula is C17H18N4O2. The number of hydrogen-bond donors (Lipinski definition) is 1. The smallest absolute Gasteiger partial charge is 0.328 e. The second-order valence-corrected chi connectivity index (χ2v) is 5.35. The molecule has 1 aliphatic heterocycles. The third-order valence-electron chi connectivity index (χ3n) is 4.00. The molecule has 2 aromatic rings. The molecule has 1 aromatic carbocycles. The Labute approximate surface area is 134 Å². The number of nitrogens with zero attached hydrogens (tertiary/aromatic N) is 3. The van der Waals surface area contributed by atoms with Crippen LogP contribution in [0.4, 0.5) is 16.2 Å². The van der Waals surface area contributed by atoms with Gasteiger partial charge >= 0.3 is 6.03 Å². The van der Waals surface area contributed by atoms with Gasteiger partial charge < -0.3 is 5.32 Å². The standard InChI is InChI=1S/C17H18N4O2/c1-18-16(22)14-11-13(7-9-19-14)20(2)17(23)21-10-8-12-5-3-4-6-15(12)21/h3-7,9,11H,8,10H2,1-2H3,(H,18,22). The number of fused-ring (bicyclic) bond motifs is 1. The zero-order chi connectivity index (χ0) is 16.4. The number of nitrogens with one attached hydrogen (secondary N) is 1. The van der Waals surface area contributed by atoms with Crippen molar-refractivity contribution in [3.8, 4) is 0 Å². The Bertz CT molecular complexity index is 760. The average molecular weight is 310 g/mol. The summed E-state index contributed by atoms with van der Waals surface area (Å²) < 4.78 is 0. The molecule has 1 aliphatic rings. The van der Waals surface area contributed by atoms with E-state index in [0.717, 1.165) is 12.1 Å². The van der Waals surface area contributed by atoms with E-state index in [1.54, 1.807) is 31.1 Å². The van der Waals surface area contributed by atoms with Crippen LogP contribution in [-0.4, -0.2) is 37.6 Å². The second kappa shape index (κ2) is 6.08. The van der Waals surface area contributed by atoms with E-state index in [1.807, 2.05) is 24.3 Å². The van der Waals surface area contributed by atoms with Crippen molar-refractivity contribution in [2.45, 2.75) is 6.42 Å². The molecular weight excluding hydrogens is 292 g/mol. The van der Waals surface area contributed by atoms with E-state index in [0.29, 0.717) is 12.2 Å². The Morgan fingerprint density at radius 1 is 1.26 bits per heavy atom. The van der Waals surface area contributed by atoms with Gasteiger partial charge in [-0.3, -0.25) is 19.6 Å². The summed E-state index contributed by atoms with van der Waals surface area (Å²) in [6.45, 7) is 0.663. The van der Waals surface area contributed by atoms with Crippen molar-refractivity contribution in [1.82, 2.24) is 10.3 Å². The van der Waals surface area contributed by atoms with Gasteiger partial charge in [-0.2, -0.15) is 0 Å². The van der Waals surface area contributed by atoms with E-state index in [9.17, 15) is 9.59 Å². The van der Waals surface area contributed by atoms with Crippen molar-refractivity contribution < 1.29 is 9.59 Å². The zero-order valence-corrected chi connectivity index (χ0v) is 13.1. The molecule has 23 heavy (non-hydrogen) atoms. The molecule has 1 aromatic heterocycles. The van der Waals surface area contributed by atoms with Crippen LogP contribution in [0.1, 0.15) is 16.1 Å². The van der Waals surface area contributed by atoms with Gasteiger partial charge in [-0.25, -0.2) is 4.79 Å². The largest absolute Gasteiger partial charge is 0.354 e. The van der Waals surface area contributed by atoms with Crippen LogP contribution in [0, 0.1) is 0 Å². The predicted octanol–water partition coefficient (Wildman–Crippen LogP) is 2.06. The van der Waals surface area contributed by atoms with Gasteiger partial charge in [-0.1, -0.05) is 18.2 Å². The normalized spacial score (nSPS) is 12.7. The number of rotatable bonds is 2. The quantitative estimate of drug-likeness (QED) is 0.923. The van der Waals surface area contributed by atoms with Crippen molar-refractivity contribution in [3.63, 3.8) is 0 Å². The molecule has 0 fully saturated rings. The highest BCUT2D eigenvalue weighted by Crippen LogP contribution is 2.29. The lowest BCUT2D eigenvalue weighted by atomic mass is 10.2. The number of anilines is 2. The fourth-order valence-electron chi connectivity index (χ4n) is 2.71. The van der Waals surface area contributed by atoms with Crippen molar-refractivity contribution in [2.24, 2.45) is 0 Å². The Hall–Kier alpha value is -2.89. The summed E-state index contributed by atoms with van der Waals surface area (Å²) in [6.07, 6.45) is 2.39. The Morgan fingerprint density at radius 3 is 2.83 bits per heavy atom. The lowest BCUT2D eigenvalue weighted by Gasteiger charge is -2.25. The Balaban J connectivity index is 1.85. The molecule has 0 saturated heterocycles. The maximum Gasteiger partial charge on any atom is 0.328 e. The number of carbonyl (C=O) groups excluding carboxylic acids is 2. The number of pyridine rings is 1.